The molecule has 180 valence electrons. The number of aryl methyl sites for hydroxylation is 1. The van der Waals surface area contributed by atoms with Crippen LogP contribution in [0.3, 0.4) is 0 Å². The smallest absolute Gasteiger partial charge is 0.341 e. The molecule has 0 aliphatic carbocycles. The van der Waals surface area contributed by atoms with Crippen LogP contribution >= 0.6 is 11.3 Å². The fraction of sp³-hybridized carbons (Fsp3) is 0.200. The number of benzene rings is 1. The fourth-order valence-electron chi connectivity index (χ4n) is 3.61. The van der Waals surface area contributed by atoms with Crippen LogP contribution in [0.2, 0.25) is 0 Å². The van der Waals surface area contributed by atoms with Gasteiger partial charge in [0, 0.05) is 29.2 Å². The van der Waals surface area contributed by atoms with Crippen molar-refractivity contribution < 1.29 is 19.1 Å². The number of esters is 1. The van der Waals surface area contributed by atoms with Crippen LogP contribution in [-0.4, -0.2) is 40.3 Å². The number of rotatable bonds is 7. The molecule has 35 heavy (non-hydrogen) atoms. The van der Waals surface area contributed by atoms with Crippen LogP contribution in [0.15, 0.2) is 55.2 Å². The molecule has 3 heterocycles. The molecule has 0 bridgehead atoms. The normalized spacial score (nSPS) is 10.6. The van der Waals surface area contributed by atoms with E-state index in [1.54, 1.807) is 44.9 Å². The Bertz CT molecular complexity index is 1360. The first-order valence-corrected chi connectivity index (χ1v) is 11.7. The lowest BCUT2D eigenvalue weighted by molar-refractivity contribution is 0.0527. The van der Waals surface area contributed by atoms with Crippen LogP contribution in [-0.2, 0) is 4.74 Å². The molecule has 0 aliphatic heterocycles. The Morgan fingerprint density at radius 3 is 2.54 bits per heavy atom. The molecule has 0 radical (unpaired) electrons. The van der Waals surface area contributed by atoms with Crippen molar-refractivity contribution >= 4 is 34.0 Å². The third kappa shape index (κ3) is 5.17. The number of thiophene rings is 1. The number of nitrogens with one attached hydrogen (secondary N) is 2. The van der Waals surface area contributed by atoms with Gasteiger partial charge in [0.15, 0.2) is 0 Å². The van der Waals surface area contributed by atoms with Gasteiger partial charge in [-0.3, -0.25) is 10.3 Å². The van der Waals surface area contributed by atoms with E-state index in [1.165, 1.54) is 11.3 Å². The summed E-state index contributed by atoms with van der Waals surface area (Å²) < 4.78 is 12.8. The molecule has 9 nitrogen and oxygen atoms in total. The first-order valence-electron chi connectivity index (χ1n) is 10.9. The maximum absolute atomic E-state index is 12.8. The fourth-order valence-corrected chi connectivity index (χ4v) is 4.80. The van der Waals surface area contributed by atoms with Crippen molar-refractivity contribution in [1.82, 2.24) is 14.5 Å². The van der Waals surface area contributed by atoms with E-state index in [4.69, 9.17) is 9.47 Å². The molecule has 4 aromatic rings. The van der Waals surface area contributed by atoms with E-state index in [9.17, 15) is 9.59 Å². The number of hydrogen-bond acceptors (Lipinski definition) is 7. The highest BCUT2D eigenvalue weighted by atomic mass is 32.1. The van der Waals surface area contributed by atoms with Gasteiger partial charge in [0.25, 0.3) is 0 Å². The third-order valence-corrected chi connectivity index (χ3v) is 6.48. The zero-order valence-electron chi connectivity index (χ0n) is 19.8. The zero-order chi connectivity index (χ0) is 24.9. The van der Waals surface area contributed by atoms with E-state index in [1.807, 2.05) is 42.8 Å². The first-order chi connectivity index (χ1) is 16.9. The Labute approximate surface area is 206 Å². The van der Waals surface area contributed by atoms with Crippen molar-refractivity contribution in [3.05, 3.63) is 72.1 Å². The number of carbonyl (C=O) groups is 2. The van der Waals surface area contributed by atoms with E-state index in [2.05, 4.69) is 20.6 Å². The molecular formula is C25H25N5O4S. The molecule has 10 heteroatoms. The highest BCUT2D eigenvalue weighted by Gasteiger charge is 2.25. The summed E-state index contributed by atoms with van der Waals surface area (Å²) in [5, 5.41) is 5.94. The molecule has 3 aromatic heterocycles. The van der Waals surface area contributed by atoms with Crippen LogP contribution < -0.4 is 15.4 Å². The first kappa shape index (κ1) is 24.0. The number of amides is 2. The molecule has 0 saturated heterocycles. The molecule has 0 spiro atoms. The summed E-state index contributed by atoms with van der Waals surface area (Å²) in [6, 6.07) is 8.65. The highest BCUT2D eigenvalue weighted by molar-refractivity contribution is 7.20. The molecule has 0 unspecified atom stereocenters. The molecular weight excluding hydrogens is 466 g/mol. The van der Waals surface area contributed by atoms with Crippen LogP contribution in [0.1, 0.15) is 28.5 Å². The SMILES string of the molecule is CCOC(=O)c1c(NC(=O)Nc2ccncc2)sc(-c2ccc(-n3cnc(C)c3)c(OC)c2)c1C. The topological polar surface area (TPSA) is 107 Å². The maximum Gasteiger partial charge on any atom is 0.341 e. The zero-order valence-corrected chi connectivity index (χ0v) is 20.6. The number of pyridine rings is 1. The van der Waals surface area contributed by atoms with Crippen molar-refractivity contribution in [3.63, 3.8) is 0 Å². The average Bonchev–Trinajstić information content (AvgIpc) is 3.42. The van der Waals surface area contributed by atoms with Gasteiger partial charge >= 0.3 is 12.0 Å². The summed E-state index contributed by atoms with van der Waals surface area (Å²) >= 11 is 1.30. The summed E-state index contributed by atoms with van der Waals surface area (Å²) in [6.07, 6.45) is 6.80. The molecule has 4 rings (SSSR count). The van der Waals surface area contributed by atoms with Gasteiger partial charge in [-0.05, 0) is 56.2 Å². The van der Waals surface area contributed by atoms with Crippen LogP contribution in [0.5, 0.6) is 5.75 Å². The van der Waals surface area contributed by atoms with Crippen LogP contribution in [0, 0.1) is 13.8 Å². The molecule has 2 amide bonds. The number of methoxy groups -OCH3 is 1. The summed E-state index contributed by atoms with van der Waals surface area (Å²) in [5.74, 6) is 0.152. The Morgan fingerprint density at radius 2 is 1.89 bits per heavy atom. The van der Waals surface area contributed by atoms with Crippen molar-refractivity contribution in [1.29, 1.82) is 0 Å². The van der Waals surface area contributed by atoms with Crippen LogP contribution in [0.25, 0.3) is 16.1 Å². The van der Waals surface area contributed by atoms with Gasteiger partial charge in [-0.25, -0.2) is 14.6 Å². The van der Waals surface area contributed by atoms with Gasteiger partial charge in [0.2, 0.25) is 0 Å². The van der Waals surface area contributed by atoms with Crippen molar-refractivity contribution in [3.8, 4) is 21.9 Å². The minimum atomic E-state index is -0.496. The average molecular weight is 492 g/mol. The van der Waals surface area contributed by atoms with E-state index in [-0.39, 0.29) is 6.61 Å². The number of carbonyl (C=O) groups excluding carboxylic acids is 2. The van der Waals surface area contributed by atoms with E-state index >= 15 is 0 Å². The summed E-state index contributed by atoms with van der Waals surface area (Å²) in [4.78, 5) is 34.5. The largest absolute Gasteiger partial charge is 0.495 e. The standard InChI is InChI=1S/C25H25N5O4S/c1-5-34-24(31)21-16(3)22(35-23(21)29-25(32)28-18-8-10-26-11-9-18)17-6-7-19(20(12-17)33-4)30-13-15(2)27-14-30/h6-14H,5H2,1-4H3,(H2,26,28,29,32). The lowest BCUT2D eigenvalue weighted by Crippen LogP contribution is -2.20. The molecule has 2 N–H and O–H groups in total. The van der Waals surface area contributed by atoms with Gasteiger partial charge < -0.3 is 19.4 Å². The number of imidazole rings is 1. The second kappa shape index (κ2) is 10.4. The van der Waals surface area contributed by atoms with Gasteiger partial charge in [0.1, 0.15) is 10.8 Å². The molecule has 0 atom stereocenters. The molecule has 0 saturated carbocycles. The Balaban J connectivity index is 1.71. The van der Waals surface area contributed by atoms with Crippen molar-refractivity contribution in [2.45, 2.75) is 20.8 Å². The lowest BCUT2D eigenvalue weighted by Gasteiger charge is -2.11. The molecule has 0 aliphatic rings. The van der Waals surface area contributed by atoms with E-state index in [0.717, 1.165) is 21.8 Å². The Morgan fingerprint density at radius 1 is 1.11 bits per heavy atom. The van der Waals surface area contributed by atoms with Gasteiger partial charge in [0.05, 0.1) is 37.0 Å². The number of hydrogen-bond donors (Lipinski definition) is 2. The number of aromatic nitrogens is 3. The second-order valence-electron chi connectivity index (χ2n) is 7.60. The number of nitrogens with zero attached hydrogens (tertiary/aromatic N) is 3. The summed E-state index contributed by atoms with van der Waals surface area (Å²) in [6.45, 7) is 5.72. The lowest BCUT2D eigenvalue weighted by atomic mass is 10.1. The van der Waals surface area contributed by atoms with Gasteiger partial charge in [-0.2, -0.15) is 0 Å². The summed E-state index contributed by atoms with van der Waals surface area (Å²) in [7, 11) is 1.61. The number of anilines is 2. The van der Waals surface area contributed by atoms with Crippen LogP contribution in [0.4, 0.5) is 15.5 Å². The Hall–Kier alpha value is -4.18. The second-order valence-corrected chi connectivity index (χ2v) is 8.63. The van der Waals surface area contributed by atoms with E-state index < -0.39 is 12.0 Å². The molecule has 0 fully saturated rings. The van der Waals surface area contributed by atoms with E-state index in [0.29, 0.717) is 27.6 Å². The molecule has 1 aromatic carbocycles. The maximum atomic E-state index is 12.8. The third-order valence-electron chi connectivity index (χ3n) is 5.22. The van der Waals surface area contributed by atoms with Gasteiger partial charge in [-0.1, -0.05) is 6.07 Å². The Kier molecular flexibility index (Phi) is 7.11. The number of urea groups is 1. The van der Waals surface area contributed by atoms with Gasteiger partial charge in [-0.15, -0.1) is 11.3 Å². The monoisotopic (exact) mass is 491 g/mol. The van der Waals surface area contributed by atoms with Crippen molar-refractivity contribution in [2.75, 3.05) is 24.4 Å². The minimum absolute atomic E-state index is 0.221. The summed E-state index contributed by atoms with van der Waals surface area (Å²) in [5.41, 5.74) is 4.19. The highest BCUT2D eigenvalue weighted by Crippen LogP contribution is 2.42. The number of ether oxygens (including phenoxy) is 2. The quantitative estimate of drug-likeness (QED) is 0.333. The predicted molar refractivity (Wildman–Crippen MR) is 136 cm³/mol. The van der Waals surface area contributed by atoms with Crippen molar-refractivity contribution in [2.24, 2.45) is 0 Å². The predicted octanol–water partition coefficient (Wildman–Crippen LogP) is 5.44. The minimum Gasteiger partial charge on any atom is -0.495 e.